The molecule has 3 aliphatic heterocycles. The summed E-state index contributed by atoms with van der Waals surface area (Å²) < 4.78 is 47.6. The fraction of sp³-hybridized carbons (Fsp3) is 0.630. The highest BCUT2D eigenvalue weighted by molar-refractivity contribution is 6.09. The van der Waals surface area contributed by atoms with E-state index in [0.717, 1.165) is 12.0 Å². The predicted octanol–water partition coefficient (Wildman–Crippen LogP) is 7.08. The number of hydrogen-bond acceptors (Lipinski definition) is 12. The van der Waals surface area contributed by atoms with Gasteiger partial charge in [0.15, 0.2) is 22.8 Å². The summed E-state index contributed by atoms with van der Waals surface area (Å²) in [5.41, 5.74) is -0.955. The van der Waals surface area contributed by atoms with E-state index in [0.29, 0.717) is 82.2 Å². The second-order valence-corrected chi connectivity index (χ2v) is 17.4. The highest BCUT2D eigenvalue weighted by atomic mass is 16.6. The van der Waals surface area contributed by atoms with Crippen LogP contribution >= 0.6 is 0 Å². The summed E-state index contributed by atoms with van der Waals surface area (Å²) in [6.45, 7) is 16.9. The van der Waals surface area contributed by atoms with Crippen molar-refractivity contribution in [2.45, 2.75) is 109 Å². The maximum Gasteiger partial charge on any atom is 0.330 e. The molecule has 2 unspecified atom stereocenters. The third-order valence-corrected chi connectivity index (χ3v) is 12.3. The van der Waals surface area contributed by atoms with Gasteiger partial charge in [0.1, 0.15) is 35.0 Å². The van der Waals surface area contributed by atoms with Gasteiger partial charge in [-0.2, -0.15) is 0 Å². The Balaban J connectivity index is 1.24. The van der Waals surface area contributed by atoms with Gasteiger partial charge in [0.2, 0.25) is 0 Å². The van der Waals surface area contributed by atoms with E-state index in [1.165, 1.54) is 11.6 Å². The highest BCUT2D eigenvalue weighted by Crippen LogP contribution is 2.70. The van der Waals surface area contributed by atoms with Crippen LogP contribution in [0.15, 0.2) is 41.5 Å². The minimum atomic E-state index is -1.56. The predicted molar refractivity (Wildman–Crippen MR) is 217 cm³/mol. The van der Waals surface area contributed by atoms with Crippen molar-refractivity contribution in [3.8, 4) is 17.2 Å². The van der Waals surface area contributed by atoms with E-state index in [1.807, 2.05) is 46.8 Å². The molecule has 7 rings (SSSR count). The Kier molecular flexibility index (Phi) is 13.4. The zero-order chi connectivity index (χ0) is 41.9. The van der Waals surface area contributed by atoms with Crippen LogP contribution in [0.4, 0.5) is 0 Å². The minimum absolute atomic E-state index is 0.00139. The Morgan fingerprint density at radius 3 is 2.19 bits per heavy atom. The van der Waals surface area contributed by atoms with Crippen LogP contribution in [0.25, 0.3) is 6.08 Å². The smallest absolute Gasteiger partial charge is 0.330 e. The molecular weight excluding hydrogens is 744 g/mol. The van der Waals surface area contributed by atoms with Crippen LogP contribution in [0, 0.1) is 17.8 Å². The van der Waals surface area contributed by atoms with Crippen molar-refractivity contribution in [3.63, 3.8) is 0 Å². The van der Waals surface area contributed by atoms with Crippen LogP contribution in [0.1, 0.15) is 102 Å². The van der Waals surface area contributed by atoms with Crippen LogP contribution in [0.3, 0.4) is 0 Å². The second-order valence-electron chi connectivity index (χ2n) is 17.4. The summed E-state index contributed by atoms with van der Waals surface area (Å²) in [5.74, 6) is -1.96. The van der Waals surface area contributed by atoms with Gasteiger partial charge in [0.25, 0.3) is 0 Å². The number of carbonyl (C=O) groups is 3. The molecule has 3 aliphatic carbocycles. The monoisotopic (exact) mass is 806 g/mol. The third-order valence-electron chi connectivity index (χ3n) is 12.3. The molecule has 1 spiro atoms. The van der Waals surface area contributed by atoms with E-state index in [-0.39, 0.29) is 54.2 Å². The van der Waals surface area contributed by atoms with E-state index in [1.54, 1.807) is 13.2 Å². The molecule has 12 nitrogen and oxygen atoms in total. The first kappa shape index (κ1) is 43.8. The molecule has 1 saturated heterocycles. The number of ether oxygens (including phenoxy) is 8. The minimum Gasteiger partial charge on any atom is -0.506 e. The number of hydrogen-bond donors (Lipinski definition) is 1. The first-order valence-corrected chi connectivity index (χ1v) is 20.7. The normalized spacial score (nSPS) is 28.4. The number of phenolic OH excluding ortho intramolecular Hbond substituents is 1. The van der Waals surface area contributed by atoms with Gasteiger partial charge in [0.05, 0.1) is 63.3 Å². The molecule has 1 aromatic rings. The van der Waals surface area contributed by atoms with Gasteiger partial charge < -0.3 is 43.0 Å². The first-order valence-electron chi connectivity index (χ1n) is 20.7. The Hall–Kier alpha value is -3.81. The van der Waals surface area contributed by atoms with E-state index < -0.39 is 40.2 Å². The van der Waals surface area contributed by atoms with Crippen LogP contribution in [-0.2, 0) is 44.4 Å². The first-order chi connectivity index (χ1) is 27.6. The number of rotatable bonds is 20. The molecule has 12 heteroatoms. The van der Waals surface area contributed by atoms with Gasteiger partial charge in [-0.3, -0.25) is 9.59 Å². The summed E-state index contributed by atoms with van der Waals surface area (Å²) in [4.78, 5) is 42.5. The van der Waals surface area contributed by atoms with Gasteiger partial charge in [-0.25, -0.2) is 4.79 Å². The molecule has 0 amide bonds. The second kappa shape index (κ2) is 17.8. The van der Waals surface area contributed by atoms with Crippen LogP contribution in [0.2, 0.25) is 0 Å². The maximum atomic E-state index is 15.0. The molecule has 1 N–H and O–H groups in total. The number of aromatic hydroxyl groups is 1. The van der Waals surface area contributed by atoms with Crippen molar-refractivity contribution < 1.29 is 57.4 Å². The Labute approximate surface area is 342 Å². The lowest BCUT2D eigenvalue weighted by Crippen LogP contribution is -2.76. The molecule has 6 atom stereocenters. The summed E-state index contributed by atoms with van der Waals surface area (Å²) in [6, 6.07) is 0. The number of Topliss-reactive ketones (excluding diaryl/α,β-unsaturated/α-hetero) is 2. The van der Waals surface area contributed by atoms with Crippen molar-refractivity contribution in [2.75, 3.05) is 60.0 Å². The third kappa shape index (κ3) is 8.32. The lowest BCUT2D eigenvalue weighted by Gasteiger charge is -2.60. The number of esters is 1. The largest absolute Gasteiger partial charge is 0.506 e. The molecule has 0 aromatic heterocycles. The topological polar surface area (TPSA) is 145 Å². The Morgan fingerprint density at radius 1 is 0.879 bits per heavy atom. The number of allylic oxidation sites excluding steroid dienone is 4. The molecule has 6 aliphatic rings. The lowest BCUT2D eigenvalue weighted by atomic mass is 9.46. The van der Waals surface area contributed by atoms with E-state index in [9.17, 15) is 14.7 Å². The van der Waals surface area contributed by atoms with Crippen LogP contribution in [0.5, 0.6) is 17.2 Å². The number of benzene rings is 1. The average Bonchev–Trinajstić information content (AvgIpc) is 3.31. The molecule has 0 radical (unpaired) electrons. The van der Waals surface area contributed by atoms with Gasteiger partial charge in [0, 0.05) is 37.0 Å². The maximum absolute atomic E-state index is 15.0. The number of ketones is 2. The molecule has 4 fully saturated rings. The summed E-state index contributed by atoms with van der Waals surface area (Å²) in [6.07, 6.45) is 13.6. The summed E-state index contributed by atoms with van der Waals surface area (Å²) in [5, 5.41) is 11.9. The fourth-order valence-electron chi connectivity index (χ4n) is 9.61. The van der Waals surface area contributed by atoms with Gasteiger partial charge in [-0.05, 0) is 92.7 Å². The van der Waals surface area contributed by atoms with E-state index >= 15 is 4.79 Å². The van der Waals surface area contributed by atoms with Gasteiger partial charge in [-0.15, -0.1) is 0 Å². The van der Waals surface area contributed by atoms with Crippen molar-refractivity contribution in [1.82, 2.24) is 0 Å². The Morgan fingerprint density at radius 2 is 1.53 bits per heavy atom. The zero-order valence-electron chi connectivity index (χ0n) is 35.5. The number of phenols is 1. The molecule has 1 aromatic carbocycles. The lowest BCUT2D eigenvalue weighted by molar-refractivity contribution is -0.199. The van der Waals surface area contributed by atoms with Crippen LogP contribution in [-0.4, -0.2) is 105 Å². The summed E-state index contributed by atoms with van der Waals surface area (Å²) in [7, 11) is 1.62. The number of methoxy groups -OCH3 is 1. The van der Waals surface area contributed by atoms with E-state index in [4.69, 9.17) is 37.9 Å². The Bertz CT molecular complexity index is 1850. The molecule has 3 heterocycles. The van der Waals surface area contributed by atoms with Crippen molar-refractivity contribution in [2.24, 2.45) is 17.8 Å². The standard InChI is InChI=1S/C46H62O12/c1-29(2)11-9-16-44(7)18-15-32-38(48)37-39(49)34-27-31-28-35-43(5,6)58-45(42(31)50,46(34,35)57-41(37)33(40(32)56-44)14-13-30(3)4)17-10-12-36(47)55-26-25-54-24-23-53-22-21-52-20-19-51-8/h10-13,15,18,31,34-35,48H,9,14,16-17,19-28H2,1-8H3/b12-10+/t31-,34?,35?,44-,45+,46-/m1/s1. The SMILES string of the molecule is COCCOCCOCCOCCOC(=O)/C=C/C[C@@]12OC(C)(C)C3C[C@@H](CC4C(=O)c5c(O)c6c(c(CC=C(C)C)c5O[C@]431)O[C@](C)(CCC=C(C)C)C=C6)C2=O. The highest BCUT2D eigenvalue weighted by Gasteiger charge is 2.83. The molecular formula is C46H62O12. The average molecular weight is 807 g/mol. The molecule has 3 saturated carbocycles. The van der Waals surface area contributed by atoms with Crippen molar-refractivity contribution in [1.29, 1.82) is 0 Å². The summed E-state index contributed by atoms with van der Waals surface area (Å²) >= 11 is 0. The van der Waals surface area contributed by atoms with Crippen molar-refractivity contribution in [3.05, 3.63) is 58.2 Å². The van der Waals surface area contributed by atoms with E-state index in [2.05, 4.69) is 26.0 Å². The van der Waals surface area contributed by atoms with Crippen molar-refractivity contribution >= 4 is 23.6 Å². The van der Waals surface area contributed by atoms with Crippen LogP contribution < -0.4 is 9.47 Å². The zero-order valence-corrected chi connectivity index (χ0v) is 35.5. The fourth-order valence-corrected chi connectivity index (χ4v) is 9.61. The number of carbonyl (C=O) groups excluding carboxylic acids is 3. The molecule has 58 heavy (non-hydrogen) atoms. The molecule has 318 valence electrons. The quantitative estimate of drug-likeness (QED) is 0.0622. The molecule has 4 bridgehead atoms. The van der Waals surface area contributed by atoms with Gasteiger partial charge in [-0.1, -0.05) is 29.4 Å². The number of fused-ring (bicyclic) bond motifs is 2. The van der Waals surface area contributed by atoms with Gasteiger partial charge >= 0.3 is 5.97 Å².